The molecule has 6 N–H and O–H groups in total. The third-order valence-electron chi connectivity index (χ3n) is 9.84. The molecule has 0 spiro atoms. The molecule has 0 aliphatic carbocycles. The van der Waals surface area contributed by atoms with E-state index >= 15 is 0 Å². The number of carboxylic acid groups (broad SMARTS) is 3. The summed E-state index contributed by atoms with van der Waals surface area (Å²) < 4.78 is 16.4. The average Bonchev–Trinajstić information content (AvgIpc) is 3.76. The number of hydroxylamine groups is 2. The number of rotatable bonds is 25. The van der Waals surface area contributed by atoms with Gasteiger partial charge in [0, 0.05) is 25.2 Å². The number of nitrogens with one attached hydrogen (secondary N) is 3. The SMILES string of the molecule is CCCCCC(C(=O)NCNC(=O)c1ccc(-c2ccc(C(=O)NC(CC(=O)O)C(=O)O)c(OCC(=O)O)c2)o1)[C@@H](CC)N(C=O)OC(=O)c1ccc(CN2CCOCC2)cc1. The first-order valence-electron chi connectivity index (χ1n) is 20.0. The summed E-state index contributed by atoms with van der Waals surface area (Å²) in [5.74, 6) is -8.76. The summed E-state index contributed by atoms with van der Waals surface area (Å²) in [6, 6.07) is 10.7. The second-order valence-electron chi connectivity index (χ2n) is 14.3. The lowest BCUT2D eigenvalue weighted by Gasteiger charge is -2.31. The molecule has 1 aliphatic heterocycles. The zero-order valence-electron chi connectivity index (χ0n) is 34.3. The number of hydrogen-bond donors (Lipinski definition) is 6. The molecule has 62 heavy (non-hydrogen) atoms. The van der Waals surface area contributed by atoms with Crippen molar-refractivity contribution in [2.24, 2.45) is 5.92 Å². The fourth-order valence-electron chi connectivity index (χ4n) is 6.61. The van der Waals surface area contributed by atoms with E-state index in [1.54, 1.807) is 19.1 Å². The van der Waals surface area contributed by atoms with E-state index < -0.39 is 72.6 Å². The Morgan fingerprint density at radius 2 is 1.61 bits per heavy atom. The van der Waals surface area contributed by atoms with Gasteiger partial charge in [-0.2, -0.15) is 5.06 Å². The van der Waals surface area contributed by atoms with Gasteiger partial charge in [-0.1, -0.05) is 51.3 Å². The number of nitrogens with zero attached hydrogens (tertiary/aromatic N) is 2. The monoisotopic (exact) mass is 865 g/mol. The van der Waals surface area contributed by atoms with E-state index in [1.165, 1.54) is 30.3 Å². The van der Waals surface area contributed by atoms with Crippen LogP contribution in [0.2, 0.25) is 0 Å². The molecule has 2 heterocycles. The van der Waals surface area contributed by atoms with Gasteiger partial charge < -0.3 is 50.0 Å². The number of ether oxygens (including phenoxy) is 2. The van der Waals surface area contributed by atoms with Crippen molar-refractivity contribution in [1.29, 1.82) is 0 Å². The predicted molar refractivity (Wildman–Crippen MR) is 216 cm³/mol. The highest BCUT2D eigenvalue weighted by molar-refractivity contribution is 6.00. The molecule has 2 aromatic carbocycles. The maximum absolute atomic E-state index is 13.7. The highest BCUT2D eigenvalue weighted by atomic mass is 16.7. The van der Waals surface area contributed by atoms with Gasteiger partial charge in [0.1, 0.15) is 17.6 Å². The number of carbonyl (C=O) groups excluding carboxylic acids is 5. The smallest absolute Gasteiger partial charge is 0.363 e. The number of furan rings is 1. The average molecular weight is 866 g/mol. The topological polar surface area (TPSA) is 281 Å². The van der Waals surface area contributed by atoms with Crippen molar-refractivity contribution in [3.8, 4) is 17.1 Å². The van der Waals surface area contributed by atoms with Gasteiger partial charge in [0.2, 0.25) is 12.3 Å². The number of amides is 4. The van der Waals surface area contributed by atoms with Crippen LogP contribution in [0.1, 0.15) is 89.2 Å². The first-order valence-corrected chi connectivity index (χ1v) is 20.0. The first kappa shape index (κ1) is 47.9. The number of carbonyl (C=O) groups is 8. The molecule has 0 radical (unpaired) electrons. The summed E-state index contributed by atoms with van der Waals surface area (Å²) in [5.41, 5.74) is 1.14. The Kier molecular flexibility index (Phi) is 18.4. The summed E-state index contributed by atoms with van der Waals surface area (Å²) in [4.78, 5) is 107. The molecule has 1 fully saturated rings. The Morgan fingerprint density at radius 3 is 2.24 bits per heavy atom. The van der Waals surface area contributed by atoms with Crippen LogP contribution in [-0.2, 0) is 40.1 Å². The molecule has 4 amide bonds. The number of hydrogen-bond acceptors (Lipinski definition) is 13. The zero-order valence-corrected chi connectivity index (χ0v) is 34.3. The van der Waals surface area contributed by atoms with Gasteiger partial charge in [0.05, 0.1) is 49.4 Å². The van der Waals surface area contributed by atoms with E-state index in [0.29, 0.717) is 39.0 Å². The molecule has 4 rings (SSSR count). The van der Waals surface area contributed by atoms with E-state index in [2.05, 4.69) is 20.9 Å². The third kappa shape index (κ3) is 14.2. The van der Waals surface area contributed by atoms with Gasteiger partial charge in [-0.05, 0) is 54.8 Å². The molecule has 1 aliphatic rings. The Balaban J connectivity index is 1.40. The van der Waals surface area contributed by atoms with Crippen LogP contribution in [0.3, 0.4) is 0 Å². The maximum Gasteiger partial charge on any atom is 0.363 e. The number of morpholine rings is 1. The molecule has 3 aromatic rings. The van der Waals surface area contributed by atoms with Crippen LogP contribution in [0.4, 0.5) is 0 Å². The van der Waals surface area contributed by atoms with Crippen molar-refractivity contribution in [3.63, 3.8) is 0 Å². The summed E-state index contributed by atoms with van der Waals surface area (Å²) >= 11 is 0. The van der Waals surface area contributed by atoms with Crippen LogP contribution < -0.4 is 20.7 Å². The fraction of sp³-hybridized carbons (Fsp3) is 0.429. The molecule has 0 saturated carbocycles. The van der Waals surface area contributed by atoms with E-state index in [9.17, 15) is 43.5 Å². The standard InChI is InChI=1S/C42H51N5O15/c1-3-5-6-7-29(32(4-2)47(25-48)62-42(58)27-10-8-26(9-11-27)22-46-16-18-59-19-17-46)38(53)43-24-44-40(55)34-15-14-33(61-34)28-12-13-30(35(20-28)60-23-37(51)52)39(54)45-31(41(56)57)21-36(49)50/h8-15,20,25,29,31-32H,3-7,16-19,21-24H2,1-2H3,(H,43,53)(H,44,55)(H,45,54)(H,49,50)(H,51,52)(H,56,57)/t29?,31?,32-/m1/s1. The van der Waals surface area contributed by atoms with E-state index in [-0.39, 0.29) is 47.0 Å². The van der Waals surface area contributed by atoms with Gasteiger partial charge in [-0.3, -0.25) is 28.9 Å². The molecular formula is C42H51N5O15. The lowest BCUT2D eigenvalue weighted by molar-refractivity contribution is -0.171. The van der Waals surface area contributed by atoms with Crippen molar-refractivity contribution in [2.75, 3.05) is 39.6 Å². The number of unbranched alkanes of at least 4 members (excludes halogenated alkanes) is 2. The lowest BCUT2D eigenvalue weighted by atomic mass is 9.90. The van der Waals surface area contributed by atoms with Crippen molar-refractivity contribution in [2.45, 2.75) is 71.0 Å². The van der Waals surface area contributed by atoms with Crippen molar-refractivity contribution < 1.29 is 72.4 Å². The minimum absolute atomic E-state index is 0.0785. The van der Waals surface area contributed by atoms with Gasteiger partial charge in [-0.25, -0.2) is 14.4 Å². The van der Waals surface area contributed by atoms with Gasteiger partial charge in [0.25, 0.3) is 11.8 Å². The Bertz CT molecular complexity index is 2050. The molecule has 0 bridgehead atoms. The summed E-state index contributed by atoms with van der Waals surface area (Å²) in [6.07, 6.45) is 2.36. The van der Waals surface area contributed by atoms with Gasteiger partial charge >= 0.3 is 23.9 Å². The molecule has 1 saturated heterocycles. The minimum Gasteiger partial charge on any atom is -0.481 e. The van der Waals surface area contributed by atoms with Crippen LogP contribution in [0.25, 0.3) is 11.3 Å². The second kappa shape index (κ2) is 23.8. The number of benzene rings is 2. The summed E-state index contributed by atoms with van der Waals surface area (Å²) in [6.45, 7) is 6.15. The van der Waals surface area contributed by atoms with E-state index in [4.69, 9.17) is 28.9 Å². The highest BCUT2D eigenvalue weighted by Crippen LogP contribution is 2.30. The van der Waals surface area contributed by atoms with Crippen LogP contribution in [0, 0.1) is 5.92 Å². The second-order valence-corrected chi connectivity index (χ2v) is 14.3. The highest BCUT2D eigenvalue weighted by Gasteiger charge is 2.34. The lowest BCUT2D eigenvalue weighted by Crippen LogP contribution is -2.49. The van der Waals surface area contributed by atoms with E-state index in [1.807, 2.05) is 19.1 Å². The fourth-order valence-corrected chi connectivity index (χ4v) is 6.61. The number of carboxylic acids is 3. The van der Waals surface area contributed by atoms with Crippen molar-refractivity contribution in [1.82, 2.24) is 25.9 Å². The van der Waals surface area contributed by atoms with Crippen molar-refractivity contribution >= 4 is 48.0 Å². The Morgan fingerprint density at radius 1 is 0.887 bits per heavy atom. The minimum atomic E-state index is -1.79. The molecule has 3 atom stereocenters. The zero-order chi connectivity index (χ0) is 45.2. The quantitative estimate of drug-likeness (QED) is 0.0309. The molecular weight excluding hydrogens is 814 g/mol. The van der Waals surface area contributed by atoms with Crippen LogP contribution in [0.5, 0.6) is 5.75 Å². The van der Waals surface area contributed by atoms with E-state index in [0.717, 1.165) is 36.6 Å². The summed E-state index contributed by atoms with van der Waals surface area (Å²) in [7, 11) is 0. The molecule has 1 aromatic heterocycles. The van der Waals surface area contributed by atoms with Crippen LogP contribution in [0.15, 0.2) is 59.0 Å². The normalized spacial score (nSPS) is 14.0. The molecule has 2 unspecified atom stereocenters. The number of aliphatic carboxylic acids is 3. The molecule has 334 valence electrons. The predicted octanol–water partition coefficient (Wildman–Crippen LogP) is 2.91. The summed E-state index contributed by atoms with van der Waals surface area (Å²) in [5, 5.41) is 35.6. The van der Waals surface area contributed by atoms with Gasteiger partial charge in [-0.15, -0.1) is 0 Å². The third-order valence-corrected chi connectivity index (χ3v) is 9.84. The van der Waals surface area contributed by atoms with Crippen molar-refractivity contribution in [3.05, 3.63) is 77.0 Å². The Hall–Kier alpha value is -6.80. The Labute approximate surface area is 356 Å². The molecule has 20 nitrogen and oxygen atoms in total. The maximum atomic E-state index is 13.7. The van der Waals surface area contributed by atoms with Crippen LogP contribution in [-0.4, -0.2) is 125 Å². The largest absolute Gasteiger partial charge is 0.481 e. The van der Waals surface area contributed by atoms with Crippen LogP contribution >= 0.6 is 0 Å². The first-order chi connectivity index (χ1) is 29.7. The molecule has 20 heteroatoms. The van der Waals surface area contributed by atoms with Gasteiger partial charge in [0.15, 0.2) is 12.4 Å².